The van der Waals surface area contributed by atoms with Gasteiger partial charge in [-0.2, -0.15) is 5.26 Å². The maximum atomic E-state index is 9.05. The maximum Gasteiger partial charge on any atom is 0.144 e. The predicted octanol–water partition coefficient (Wildman–Crippen LogP) is 2.96. The van der Waals surface area contributed by atoms with Gasteiger partial charge in [0.05, 0.1) is 0 Å². The van der Waals surface area contributed by atoms with Crippen LogP contribution in [0, 0.1) is 17.2 Å². The minimum Gasteiger partial charge on any atom is -0.299 e. The highest BCUT2D eigenvalue weighted by Crippen LogP contribution is 2.27. The van der Waals surface area contributed by atoms with E-state index in [2.05, 4.69) is 29.9 Å². The minimum atomic E-state index is 0.563. The Kier molecular flexibility index (Phi) is 4.33. The van der Waals surface area contributed by atoms with Crippen molar-refractivity contribution in [3.8, 4) is 6.07 Å². The molecule has 2 atom stereocenters. The van der Waals surface area contributed by atoms with Gasteiger partial charge >= 0.3 is 0 Å². The van der Waals surface area contributed by atoms with Crippen LogP contribution in [0.5, 0.6) is 0 Å². The third kappa shape index (κ3) is 3.08. The summed E-state index contributed by atoms with van der Waals surface area (Å²) >= 11 is 0. The number of hydrogen-bond acceptors (Lipinski definition) is 3. The summed E-state index contributed by atoms with van der Waals surface area (Å²) in [4.78, 5) is 6.50. The van der Waals surface area contributed by atoms with Gasteiger partial charge in [-0.25, -0.2) is 4.98 Å². The van der Waals surface area contributed by atoms with Crippen LogP contribution in [0.25, 0.3) is 0 Å². The van der Waals surface area contributed by atoms with Crippen LogP contribution in [-0.2, 0) is 6.54 Å². The number of nitriles is 1. The van der Waals surface area contributed by atoms with Gasteiger partial charge in [-0.15, -0.1) is 0 Å². The predicted molar refractivity (Wildman–Crippen MR) is 71.8 cm³/mol. The zero-order valence-electron chi connectivity index (χ0n) is 11.3. The first-order valence-electron chi connectivity index (χ1n) is 6.75. The maximum absolute atomic E-state index is 9.05. The van der Waals surface area contributed by atoms with Crippen molar-refractivity contribution in [1.29, 1.82) is 5.26 Å². The summed E-state index contributed by atoms with van der Waals surface area (Å²) in [5.41, 5.74) is 1.61. The molecule has 1 fully saturated rings. The summed E-state index contributed by atoms with van der Waals surface area (Å²) in [7, 11) is 2.16. The summed E-state index contributed by atoms with van der Waals surface area (Å²) in [6.07, 6.45) is 6.93. The average molecular weight is 243 g/mol. The molecule has 0 spiro atoms. The summed E-state index contributed by atoms with van der Waals surface area (Å²) in [6.45, 7) is 3.17. The summed E-state index contributed by atoms with van der Waals surface area (Å²) in [5, 5.41) is 9.05. The highest BCUT2D eigenvalue weighted by atomic mass is 15.1. The highest BCUT2D eigenvalue weighted by Gasteiger charge is 2.22. The van der Waals surface area contributed by atoms with Crippen LogP contribution in [0.3, 0.4) is 0 Å². The lowest BCUT2D eigenvalue weighted by atomic mass is 9.86. The normalized spacial score (nSPS) is 23.9. The Labute approximate surface area is 109 Å². The fourth-order valence-electron chi connectivity index (χ4n) is 2.87. The van der Waals surface area contributed by atoms with E-state index < -0.39 is 0 Å². The Morgan fingerprint density at radius 3 is 3.06 bits per heavy atom. The molecule has 2 rings (SSSR count). The molecule has 3 heteroatoms. The molecule has 0 aromatic carbocycles. The van der Waals surface area contributed by atoms with Crippen molar-refractivity contribution < 1.29 is 0 Å². The van der Waals surface area contributed by atoms with Gasteiger partial charge in [-0.05, 0) is 31.9 Å². The van der Waals surface area contributed by atoms with E-state index in [1.54, 1.807) is 6.20 Å². The second-order valence-electron chi connectivity index (χ2n) is 5.46. The number of hydrogen-bond donors (Lipinski definition) is 0. The minimum absolute atomic E-state index is 0.563. The van der Waals surface area contributed by atoms with E-state index in [-0.39, 0.29) is 0 Å². The Hall–Kier alpha value is -1.40. The summed E-state index contributed by atoms with van der Waals surface area (Å²) in [6, 6.07) is 6.75. The molecule has 1 aromatic heterocycles. The van der Waals surface area contributed by atoms with Crippen LogP contribution >= 0.6 is 0 Å². The third-order valence-corrected chi connectivity index (χ3v) is 3.95. The first-order valence-corrected chi connectivity index (χ1v) is 6.75. The lowest BCUT2D eigenvalue weighted by molar-refractivity contribution is 0.157. The summed E-state index contributed by atoms with van der Waals surface area (Å²) in [5.74, 6) is 0.829. The van der Waals surface area contributed by atoms with Crippen LogP contribution in [0.1, 0.15) is 43.9 Å². The zero-order valence-corrected chi connectivity index (χ0v) is 11.3. The van der Waals surface area contributed by atoms with Crippen LogP contribution < -0.4 is 0 Å². The van der Waals surface area contributed by atoms with Crippen LogP contribution in [-0.4, -0.2) is 23.0 Å². The molecule has 18 heavy (non-hydrogen) atoms. The average Bonchev–Trinajstić information content (AvgIpc) is 2.39. The molecule has 0 radical (unpaired) electrons. The van der Waals surface area contributed by atoms with E-state index in [9.17, 15) is 0 Å². The van der Waals surface area contributed by atoms with Crippen molar-refractivity contribution in [1.82, 2.24) is 9.88 Å². The molecule has 0 N–H and O–H groups in total. The molecule has 1 aliphatic rings. The van der Waals surface area contributed by atoms with Gasteiger partial charge in [-0.1, -0.05) is 25.8 Å². The molecular formula is C15H21N3. The van der Waals surface area contributed by atoms with Crippen molar-refractivity contribution in [2.75, 3.05) is 7.05 Å². The largest absolute Gasteiger partial charge is 0.299 e. The molecule has 0 bridgehead atoms. The molecule has 1 aromatic rings. The quantitative estimate of drug-likeness (QED) is 0.819. The number of rotatable bonds is 3. The monoisotopic (exact) mass is 243 g/mol. The van der Waals surface area contributed by atoms with Gasteiger partial charge < -0.3 is 0 Å². The number of aromatic nitrogens is 1. The number of nitrogens with zero attached hydrogens (tertiary/aromatic N) is 3. The van der Waals surface area contributed by atoms with Gasteiger partial charge in [-0.3, -0.25) is 4.90 Å². The van der Waals surface area contributed by atoms with Crippen molar-refractivity contribution in [2.24, 2.45) is 5.92 Å². The molecule has 0 amide bonds. The third-order valence-electron chi connectivity index (χ3n) is 3.95. The van der Waals surface area contributed by atoms with Crippen molar-refractivity contribution >= 4 is 0 Å². The first-order chi connectivity index (χ1) is 8.70. The van der Waals surface area contributed by atoms with Gasteiger partial charge in [0.2, 0.25) is 0 Å². The van der Waals surface area contributed by atoms with E-state index in [0.717, 1.165) is 18.0 Å². The fraction of sp³-hybridized carbons (Fsp3) is 0.600. The first kappa shape index (κ1) is 13.0. The molecule has 0 saturated heterocycles. The molecule has 0 aliphatic heterocycles. The van der Waals surface area contributed by atoms with E-state index >= 15 is 0 Å². The van der Waals surface area contributed by atoms with Gasteiger partial charge in [0.15, 0.2) is 0 Å². The second-order valence-corrected chi connectivity index (χ2v) is 5.46. The van der Waals surface area contributed by atoms with Gasteiger partial charge in [0.25, 0.3) is 0 Å². The highest BCUT2D eigenvalue weighted by molar-refractivity contribution is 5.30. The standard InChI is InChI=1S/C15H21N3/c1-12-5-3-7-14(9-12)18(2)11-13-6-4-8-17-15(13)10-16/h4,6,8,12,14H,3,5,7,9,11H2,1-2H3. The Morgan fingerprint density at radius 1 is 1.50 bits per heavy atom. The van der Waals surface area contributed by atoms with E-state index in [1.165, 1.54) is 25.7 Å². The smallest absolute Gasteiger partial charge is 0.144 e. The Balaban J connectivity index is 2.02. The van der Waals surface area contributed by atoms with Crippen LogP contribution in [0.15, 0.2) is 18.3 Å². The molecule has 1 saturated carbocycles. The van der Waals surface area contributed by atoms with Gasteiger partial charge in [0, 0.05) is 24.3 Å². The van der Waals surface area contributed by atoms with E-state index in [1.807, 2.05) is 12.1 Å². The van der Waals surface area contributed by atoms with E-state index in [4.69, 9.17) is 5.26 Å². The molecule has 3 nitrogen and oxygen atoms in total. The second kappa shape index (κ2) is 5.97. The Morgan fingerprint density at radius 2 is 2.33 bits per heavy atom. The van der Waals surface area contributed by atoms with Crippen LogP contribution in [0.2, 0.25) is 0 Å². The molecule has 2 unspecified atom stereocenters. The summed E-state index contributed by atoms with van der Waals surface area (Å²) < 4.78 is 0. The van der Waals surface area contributed by atoms with Crippen LogP contribution in [0.4, 0.5) is 0 Å². The van der Waals surface area contributed by atoms with Crippen molar-refractivity contribution in [3.63, 3.8) is 0 Å². The number of pyridine rings is 1. The fourth-order valence-corrected chi connectivity index (χ4v) is 2.87. The van der Waals surface area contributed by atoms with E-state index in [0.29, 0.717) is 11.7 Å². The zero-order chi connectivity index (χ0) is 13.0. The lowest BCUT2D eigenvalue weighted by Crippen LogP contribution is -2.35. The molecule has 96 valence electrons. The molecular weight excluding hydrogens is 222 g/mol. The topological polar surface area (TPSA) is 39.9 Å². The van der Waals surface area contributed by atoms with Crippen molar-refractivity contribution in [2.45, 2.75) is 45.2 Å². The Bertz CT molecular complexity index is 436. The molecule has 1 aliphatic carbocycles. The molecule has 1 heterocycles. The SMILES string of the molecule is CC1CCCC(N(C)Cc2cccnc2C#N)C1. The van der Waals surface area contributed by atoms with Crippen molar-refractivity contribution in [3.05, 3.63) is 29.6 Å². The lowest BCUT2D eigenvalue weighted by Gasteiger charge is -2.34. The van der Waals surface area contributed by atoms with Gasteiger partial charge in [0.1, 0.15) is 11.8 Å².